The molecule has 0 aliphatic heterocycles. The first-order valence-corrected chi connectivity index (χ1v) is 4.89. The number of thioether (sulfide) groups is 1. The molecule has 0 aromatic carbocycles. The van der Waals surface area contributed by atoms with Crippen LogP contribution in [0.1, 0.15) is 0 Å². The van der Waals surface area contributed by atoms with Crippen molar-refractivity contribution in [3.63, 3.8) is 0 Å². The van der Waals surface area contributed by atoms with Crippen LogP contribution in [-0.2, 0) is 0 Å². The summed E-state index contributed by atoms with van der Waals surface area (Å²) in [4.78, 5) is 9.01. The van der Waals surface area contributed by atoms with Crippen LogP contribution in [0, 0.1) is 0 Å². The van der Waals surface area contributed by atoms with Crippen molar-refractivity contribution in [3.05, 3.63) is 23.5 Å². The number of halogens is 1. The molecule has 13 heavy (non-hydrogen) atoms. The molecule has 0 aliphatic carbocycles. The number of pyridine rings is 1. The van der Waals surface area contributed by atoms with E-state index in [0.29, 0.717) is 5.15 Å². The molecule has 3 nitrogen and oxygen atoms in total. The fourth-order valence-electron chi connectivity index (χ4n) is 0.743. The molecule has 0 atom stereocenters. The molecule has 0 amide bonds. The second-order valence-corrected chi connectivity index (χ2v) is 3.65. The summed E-state index contributed by atoms with van der Waals surface area (Å²) in [6.07, 6.45) is 1.72. The van der Waals surface area contributed by atoms with Crippen LogP contribution >= 0.6 is 23.4 Å². The minimum atomic E-state index is 0.504. The van der Waals surface area contributed by atoms with Crippen molar-refractivity contribution in [1.29, 1.82) is 0 Å². The number of aromatic nitrogens is 1. The largest absolute Gasteiger partial charge is 0.368 e. The Balaban J connectivity index is 2.69. The highest BCUT2D eigenvalue weighted by molar-refractivity contribution is 8.13. The Kier molecular flexibility index (Phi) is 4.05. The molecule has 0 spiro atoms. The van der Waals surface area contributed by atoms with Crippen molar-refractivity contribution in [2.24, 2.45) is 4.99 Å². The predicted molar refractivity (Wildman–Crippen MR) is 57.5 cm³/mol. The number of rotatable bonds is 1. The maximum atomic E-state index is 5.65. The Morgan fingerprint density at radius 3 is 2.85 bits per heavy atom. The van der Waals surface area contributed by atoms with Gasteiger partial charge in [0.15, 0.2) is 5.17 Å². The summed E-state index contributed by atoms with van der Waals surface area (Å²) < 4.78 is 0. The Hall–Kier alpha value is -0.740. The van der Waals surface area contributed by atoms with E-state index in [1.165, 1.54) is 11.8 Å². The summed E-state index contributed by atoms with van der Waals surface area (Å²) >= 11 is 7.16. The zero-order valence-electron chi connectivity index (χ0n) is 7.41. The number of aliphatic imine (C=N–C) groups is 1. The first-order valence-electron chi connectivity index (χ1n) is 3.70. The van der Waals surface area contributed by atoms with E-state index < -0.39 is 0 Å². The average molecular weight is 216 g/mol. The van der Waals surface area contributed by atoms with Gasteiger partial charge >= 0.3 is 0 Å². The number of nitrogens with zero attached hydrogens (tertiary/aromatic N) is 2. The summed E-state index contributed by atoms with van der Waals surface area (Å²) in [7, 11) is 3.57. The summed E-state index contributed by atoms with van der Waals surface area (Å²) in [6, 6.07) is 3.66. The standard InChI is InChI=1S/C8H10ClN3S/c1-10-8(11-2)13-6-3-4-7(9)12-5-6/h3-5H,1-2H3,(H,10,11). The third kappa shape index (κ3) is 3.24. The Morgan fingerprint density at radius 1 is 1.62 bits per heavy atom. The van der Waals surface area contributed by atoms with Crippen molar-refractivity contribution in [3.8, 4) is 0 Å². The molecule has 1 aromatic heterocycles. The van der Waals surface area contributed by atoms with Crippen LogP contribution in [0.15, 0.2) is 28.2 Å². The van der Waals surface area contributed by atoms with Crippen molar-refractivity contribution in [1.82, 2.24) is 10.3 Å². The predicted octanol–water partition coefficient (Wildman–Crippen LogP) is 2.03. The summed E-state index contributed by atoms with van der Waals surface area (Å²) in [5.41, 5.74) is 0. The van der Waals surface area contributed by atoms with Gasteiger partial charge in [0.1, 0.15) is 5.15 Å². The molecule has 0 saturated carbocycles. The normalized spacial score (nSPS) is 11.5. The van der Waals surface area contributed by atoms with Crippen molar-refractivity contribution < 1.29 is 0 Å². The van der Waals surface area contributed by atoms with E-state index in [9.17, 15) is 0 Å². The zero-order chi connectivity index (χ0) is 9.68. The molecule has 0 fully saturated rings. The van der Waals surface area contributed by atoms with Crippen molar-refractivity contribution in [2.75, 3.05) is 14.1 Å². The molecule has 1 heterocycles. The molecule has 0 bridgehead atoms. The van der Waals surface area contributed by atoms with Crippen LogP contribution in [0.5, 0.6) is 0 Å². The first-order chi connectivity index (χ1) is 6.26. The molecule has 1 N–H and O–H groups in total. The smallest absolute Gasteiger partial charge is 0.160 e. The van der Waals surface area contributed by atoms with E-state index in [2.05, 4.69) is 15.3 Å². The lowest BCUT2D eigenvalue weighted by Crippen LogP contribution is -2.13. The number of nitrogens with one attached hydrogen (secondary N) is 1. The maximum Gasteiger partial charge on any atom is 0.160 e. The molecule has 0 unspecified atom stereocenters. The van der Waals surface area contributed by atoms with Gasteiger partial charge < -0.3 is 5.32 Å². The summed E-state index contributed by atoms with van der Waals surface area (Å²) in [5, 5.41) is 4.32. The van der Waals surface area contributed by atoms with Crippen molar-refractivity contribution in [2.45, 2.75) is 4.90 Å². The fourth-order valence-corrected chi connectivity index (χ4v) is 1.51. The van der Waals surface area contributed by atoms with Crippen LogP contribution in [0.4, 0.5) is 0 Å². The molecule has 0 aliphatic rings. The van der Waals surface area contributed by atoms with Gasteiger partial charge in [-0.15, -0.1) is 0 Å². The zero-order valence-corrected chi connectivity index (χ0v) is 8.99. The Morgan fingerprint density at radius 2 is 2.38 bits per heavy atom. The lowest BCUT2D eigenvalue weighted by Gasteiger charge is -2.02. The minimum Gasteiger partial charge on any atom is -0.368 e. The topological polar surface area (TPSA) is 37.3 Å². The SMILES string of the molecule is CN=C(NC)Sc1ccc(Cl)nc1. The fraction of sp³-hybridized carbons (Fsp3) is 0.250. The van der Waals surface area contributed by atoms with Crippen molar-refractivity contribution >= 4 is 28.5 Å². The van der Waals surface area contributed by atoms with Gasteiger partial charge in [0.05, 0.1) is 0 Å². The Bertz CT molecular complexity index is 297. The van der Waals surface area contributed by atoms with E-state index in [-0.39, 0.29) is 0 Å². The van der Waals surface area contributed by atoms with Gasteiger partial charge in [-0.1, -0.05) is 23.4 Å². The van der Waals surface area contributed by atoms with Gasteiger partial charge in [-0.05, 0) is 12.1 Å². The molecular weight excluding hydrogens is 206 g/mol. The highest BCUT2D eigenvalue weighted by Gasteiger charge is 1.99. The highest BCUT2D eigenvalue weighted by Crippen LogP contribution is 2.18. The highest BCUT2D eigenvalue weighted by atomic mass is 35.5. The number of amidine groups is 1. The number of hydrogen-bond donors (Lipinski definition) is 1. The van der Waals surface area contributed by atoms with Crippen LogP contribution in [0.25, 0.3) is 0 Å². The molecule has 5 heteroatoms. The van der Waals surface area contributed by atoms with Gasteiger partial charge in [-0.25, -0.2) is 4.98 Å². The van der Waals surface area contributed by atoms with Gasteiger partial charge in [0.25, 0.3) is 0 Å². The minimum absolute atomic E-state index is 0.504. The summed E-state index contributed by atoms with van der Waals surface area (Å²) in [6.45, 7) is 0. The summed E-state index contributed by atoms with van der Waals surface area (Å²) in [5.74, 6) is 0. The maximum absolute atomic E-state index is 5.65. The van der Waals surface area contributed by atoms with Crippen LogP contribution < -0.4 is 5.32 Å². The van der Waals surface area contributed by atoms with Gasteiger partial charge in [0.2, 0.25) is 0 Å². The number of hydrogen-bond acceptors (Lipinski definition) is 3. The Labute approximate surface area is 86.6 Å². The van der Waals surface area contributed by atoms with E-state index in [4.69, 9.17) is 11.6 Å². The lowest BCUT2D eigenvalue weighted by molar-refractivity contribution is 1.18. The average Bonchev–Trinajstić information content (AvgIpc) is 2.17. The third-order valence-electron chi connectivity index (χ3n) is 1.33. The molecule has 70 valence electrons. The van der Waals surface area contributed by atoms with Crippen LogP contribution in [0.2, 0.25) is 5.15 Å². The van der Waals surface area contributed by atoms with Crippen LogP contribution in [0.3, 0.4) is 0 Å². The first kappa shape index (κ1) is 10.3. The van der Waals surface area contributed by atoms with Gasteiger partial charge in [-0.3, -0.25) is 4.99 Å². The molecule has 0 radical (unpaired) electrons. The molecule has 1 rings (SSSR count). The van der Waals surface area contributed by atoms with E-state index in [1.807, 2.05) is 13.1 Å². The van der Waals surface area contributed by atoms with E-state index in [0.717, 1.165) is 10.1 Å². The monoisotopic (exact) mass is 215 g/mol. The quantitative estimate of drug-likeness (QED) is 0.337. The van der Waals surface area contributed by atoms with Crippen LogP contribution in [-0.4, -0.2) is 24.2 Å². The van der Waals surface area contributed by atoms with E-state index in [1.54, 1.807) is 19.3 Å². The molecule has 1 aromatic rings. The van der Waals surface area contributed by atoms with Gasteiger partial charge in [0, 0.05) is 25.2 Å². The lowest BCUT2D eigenvalue weighted by atomic mass is 10.5. The third-order valence-corrected chi connectivity index (χ3v) is 2.61. The molecular formula is C8H10ClN3S. The van der Waals surface area contributed by atoms with Gasteiger partial charge in [-0.2, -0.15) is 0 Å². The second-order valence-electron chi connectivity index (χ2n) is 2.20. The second kappa shape index (κ2) is 5.09. The molecule has 0 saturated heterocycles. The van der Waals surface area contributed by atoms with E-state index >= 15 is 0 Å².